The topological polar surface area (TPSA) is 80.4 Å². The van der Waals surface area contributed by atoms with Crippen molar-refractivity contribution < 1.29 is 4.79 Å². The molecule has 1 amide bonds. The van der Waals surface area contributed by atoms with Gasteiger partial charge in [0.05, 0.1) is 15.7 Å². The van der Waals surface area contributed by atoms with E-state index in [1.165, 1.54) is 0 Å². The Morgan fingerprint density at radius 2 is 2.29 bits per heavy atom. The summed E-state index contributed by atoms with van der Waals surface area (Å²) >= 11 is 1.56. The minimum atomic E-state index is -0.271. The number of carbonyl (C=O) groups excluding carboxylic acids is 1. The Bertz CT molecular complexity index is 671. The molecular weight excluding hydrogens is 236 g/mol. The Balaban J connectivity index is 2.04. The van der Waals surface area contributed by atoms with E-state index in [-0.39, 0.29) is 11.9 Å². The third-order valence-electron chi connectivity index (χ3n) is 2.37. The van der Waals surface area contributed by atoms with E-state index in [2.05, 4.69) is 15.3 Å². The number of aromatic nitrogens is 1. The summed E-state index contributed by atoms with van der Waals surface area (Å²) in [4.78, 5) is 19.5. The lowest BCUT2D eigenvalue weighted by Gasteiger charge is -1.94. The van der Waals surface area contributed by atoms with Crippen LogP contribution in [0.2, 0.25) is 0 Å². The number of nitrogens with zero attached hydrogens (tertiary/aromatic N) is 2. The van der Waals surface area contributed by atoms with Crippen LogP contribution in [0.3, 0.4) is 0 Å². The number of nitrogens with two attached hydrogens (primary N) is 1. The van der Waals surface area contributed by atoms with Crippen molar-refractivity contribution in [2.24, 2.45) is 10.7 Å². The fraction of sp³-hybridized carbons (Fsp3) is 0. The summed E-state index contributed by atoms with van der Waals surface area (Å²) in [7, 11) is 0. The number of nitrogens with one attached hydrogen (secondary N) is 1. The van der Waals surface area contributed by atoms with Gasteiger partial charge in [-0.1, -0.05) is 6.07 Å². The van der Waals surface area contributed by atoms with E-state index in [0.29, 0.717) is 5.70 Å². The number of aliphatic imine (C=N–C) groups is 1. The number of benzene rings is 1. The lowest BCUT2D eigenvalue weighted by molar-refractivity contribution is -0.115. The summed E-state index contributed by atoms with van der Waals surface area (Å²) in [5.41, 5.74) is 9.39. The Morgan fingerprint density at radius 1 is 1.41 bits per heavy atom. The molecule has 3 N–H and O–H groups in total. The van der Waals surface area contributed by atoms with Crippen molar-refractivity contribution in [3.05, 3.63) is 35.0 Å². The molecule has 0 spiro atoms. The maximum absolute atomic E-state index is 11.4. The second-order valence-corrected chi connectivity index (χ2v) is 4.45. The molecule has 1 aromatic carbocycles. The SMILES string of the molecule is NC1=N/C(=C\c2ccc3ncsc3c2)C(=O)N1. The van der Waals surface area contributed by atoms with Crippen molar-refractivity contribution in [1.82, 2.24) is 10.3 Å². The molecule has 0 fully saturated rings. The van der Waals surface area contributed by atoms with E-state index in [9.17, 15) is 4.79 Å². The van der Waals surface area contributed by atoms with Gasteiger partial charge in [0.2, 0.25) is 5.96 Å². The van der Waals surface area contributed by atoms with Crippen molar-refractivity contribution in [3.8, 4) is 0 Å². The summed E-state index contributed by atoms with van der Waals surface area (Å²) in [6.07, 6.45) is 1.70. The molecule has 1 aliphatic heterocycles. The van der Waals surface area contributed by atoms with Crippen molar-refractivity contribution in [2.75, 3.05) is 0 Å². The summed E-state index contributed by atoms with van der Waals surface area (Å²) in [6, 6.07) is 5.78. The maximum Gasteiger partial charge on any atom is 0.276 e. The molecule has 0 saturated heterocycles. The average Bonchev–Trinajstić information content (AvgIpc) is 2.85. The van der Waals surface area contributed by atoms with Gasteiger partial charge in [0.25, 0.3) is 5.91 Å². The van der Waals surface area contributed by atoms with Gasteiger partial charge in [-0.25, -0.2) is 9.98 Å². The first-order chi connectivity index (χ1) is 8.22. The van der Waals surface area contributed by atoms with Gasteiger partial charge < -0.3 is 5.73 Å². The molecule has 0 radical (unpaired) electrons. The first-order valence-corrected chi connectivity index (χ1v) is 5.81. The molecule has 2 heterocycles. The summed E-state index contributed by atoms with van der Waals surface area (Å²) in [6.45, 7) is 0. The summed E-state index contributed by atoms with van der Waals surface area (Å²) in [5, 5.41) is 2.43. The highest BCUT2D eigenvalue weighted by Crippen LogP contribution is 2.21. The second-order valence-electron chi connectivity index (χ2n) is 3.56. The normalized spacial score (nSPS) is 17.5. The predicted octanol–water partition coefficient (Wildman–Crippen LogP) is 1.08. The van der Waals surface area contributed by atoms with Crippen molar-refractivity contribution in [2.45, 2.75) is 0 Å². The van der Waals surface area contributed by atoms with E-state index in [0.717, 1.165) is 15.8 Å². The van der Waals surface area contributed by atoms with Gasteiger partial charge in [0, 0.05) is 0 Å². The highest BCUT2D eigenvalue weighted by atomic mass is 32.1. The van der Waals surface area contributed by atoms with Crippen LogP contribution >= 0.6 is 11.3 Å². The predicted molar refractivity (Wildman–Crippen MR) is 67.4 cm³/mol. The Morgan fingerprint density at radius 3 is 3.06 bits per heavy atom. The number of carbonyl (C=O) groups is 1. The van der Waals surface area contributed by atoms with E-state index in [1.807, 2.05) is 18.2 Å². The Kier molecular flexibility index (Phi) is 2.15. The molecule has 84 valence electrons. The van der Waals surface area contributed by atoms with E-state index in [1.54, 1.807) is 22.9 Å². The van der Waals surface area contributed by atoms with E-state index < -0.39 is 0 Å². The number of rotatable bonds is 1. The molecule has 3 rings (SSSR count). The lowest BCUT2D eigenvalue weighted by Crippen LogP contribution is -2.30. The number of hydrogen-bond donors (Lipinski definition) is 2. The first-order valence-electron chi connectivity index (χ1n) is 4.93. The van der Waals surface area contributed by atoms with Gasteiger partial charge in [-0.3, -0.25) is 10.1 Å². The average molecular weight is 244 g/mol. The van der Waals surface area contributed by atoms with Crippen LogP contribution in [0.1, 0.15) is 5.56 Å². The van der Waals surface area contributed by atoms with Gasteiger partial charge in [-0.15, -0.1) is 11.3 Å². The van der Waals surface area contributed by atoms with Crippen LogP contribution in [0.4, 0.5) is 0 Å². The number of hydrogen-bond acceptors (Lipinski definition) is 5. The van der Waals surface area contributed by atoms with Gasteiger partial charge in [-0.05, 0) is 23.8 Å². The summed E-state index contributed by atoms with van der Waals surface area (Å²) < 4.78 is 1.08. The molecule has 0 aliphatic carbocycles. The summed E-state index contributed by atoms with van der Waals surface area (Å²) in [5.74, 6) is -0.132. The largest absolute Gasteiger partial charge is 0.369 e. The third-order valence-corrected chi connectivity index (χ3v) is 3.17. The molecular formula is C11H8N4OS. The fourth-order valence-corrected chi connectivity index (χ4v) is 2.33. The van der Waals surface area contributed by atoms with Crippen LogP contribution in [0, 0.1) is 0 Å². The molecule has 6 heteroatoms. The molecule has 0 atom stereocenters. The Labute approximate surface area is 101 Å². The minimum Gasteiger partial charge on any atom is -0.369 e. The number of amides is 1. The van der Waals surface area contributed by atoms with Crippen LogP contribution < -0.4 is 11.1 Å². The standard InChI is InChI=1S/C11H8N4OS/c12-11-14-8(10(16)15-11)3-6-1-2-7-9(4-6)17-5-13-7/h1-5H,(H3,12,14,15,16)/b8-3-. The van der Waals surface area contributed by atoms with E-state index >= 15 is 0 Å². The molecule has 0 unspecified atom stereocenters. The smallest absolute Gasteiger partial charge is 0.276 e. The maximum atomic E-state index is 11.4. The quantitative estimate of drug-likeness (QED) is 0.737. The monoisotopic (exact) mass is 244 g/mol. The highest BCUT2D eigenvalue weighted by Gasteiger charge is 2.17. The third kappa shape index (κ3) is 1.78. The van der Waals surface area contributed by atoms with Gasteiger partial charge in [0.15, 0.2) is 0 Å². The molecule has 2 aromatic rings. The van der Waals surface area contributed by atoms with Crippen LogP contribution in [-0.2, 0) is 4.79 Å². The van der Waals surface area contributed by atoms with Gasteiger partial charge >= 0.3 is 0 Å². The van der Waals surface area contributed by atoms with Crippen LogP contribution in [-0.4, -0.2) is 16.9 Å². The van der Waals surface area contributed by atoms with Crippen molar-refractivity contribution >= 4 is 39.5 Å². The van der Waals surface area contributed by atoms with Gasteiger partial charge in [-0.2, -0.15) is 0 Å². The first kappa shape index (κ1) is 9.98. The molecule has 0 bridgehead atoms. The zero-order chi connectivity index (χ0) is 11.8. The Hall–Kier alpha value is -2.21. The lowest BCUT2D eigenvalue weighted by atomic mass is 10.2. The van der Waals surface area contributed by atoms with Crippen LogP contribution in [0.15, 0.2) is 34.4 Å². The minimum absolute atomic E-state index is 0.139. The number of thiazole rings is 1. The van der Waals surface area contributed by atoms with Crippen molar-refractivity contribution in [1.29, 1.82) is 0 Å². The second kappa shape index (κ2) is 3.67. The zero-order valence-corrected chi connectivity index (χ0v) is 9.49. The molecule has 0 saturated carbocycles. The molecule has 5 nitrogen and oxygen atoms in total. The van der Waals surface area contributed by atoms with E-state index in [4.69, 9.17) is 5.73 Å². The highest BCUT2D eigenvalue weighted by molar-refractivity contribution is 7.16. The zero-order valence-electron chi connectivity index (χ0n) is 8.68. The van der Waals surface area contributed by atoms with Gasteiger partial charge in [0.1, 0.15) is 5.70 Å². The van der Waals surface area contributed by atoms with Crippen LogP contribution in [0.25, 0.3) is 16.3 Å². The number of guanidine groups is 1. The fourth-order valence-electron chi connectivity index (χ4n) is 1.61. The molecule has 1 aromatic heterocycles. The molecule has 1 aliphatic rings. The van der Waals surface area contributed by atoms with Crippen LogP contribution in [0.5, 0.6) is 0 Å². The molecule has 17 heavy (non-hydrogen) atoms. The van der Waals surface area contributed by atoms with Crippen molar-refractivity contribution in [3.63, 3.8) is 0 Å². The number of fused-ring (bicyclic) bond motifs is 1.